The summed E-state index contributed by atoms with van der Waals surface area (Å²) in [7, 11) is 0. The standard InChI is InChI=1S/C12H11N5OS/c18-12(13-4-3-11-14-6-16-17-11)8-1-2-9-10(5-8)19-7-15-9/h1-2,5-7H,3-4H2,(H,13,18)(H,14,16,17). The van der Waals surface area contributed by atoms with Crippen LogP contribution in [-0.4, -0.2) is 32.6 Å². The second-order valence-electron chi connectivity index (χ2n) is 3.97. The molecule has 19 heavy (non-hydrogen) atoms. The Bertz CT molecular complexity index is 691. The van der Waals surface area contributed by atoms with Gasteiger partial charge in [-0.15, -0.1) is 11.3 Å². The molecule has 1 aromatic carbocycles. The molecule has 96 valence electrons. The molecule has 2 aromatic heterocycles. The van der Waals surface area contributed by atoms with Crippen LogP contribution in [0, 0.1) is 0 Å². The molecule has 2 heterocycles. The van der Waals surface area contributed by atoms with Crippen molar-refractivity contribution in [1.29, 1.82) is 0 Å². The molecule has 0 radical (unpaired) electrons. The molecule has 3 rings (SSSR count). The normalized spacial score (nSPS) is 10.7. The highest BCUT2D eigenvalue weighted by molar-refractivity contribution is 7.16. The van der Waals surface area contributed by atoms with E-state index >= 15 is 0 Å². The first-order chi connectivity index (χ1) is 9.33. The summed E-state index contributed by atoms with van der Waals surface area (Å²) in [6.45, 7) is 0.523. The number of hydrogen-bond donors (Lipinski definition) is 2. The number of carbonyl (C=O) groups excluding carboxylic acids is 1. The molecular weight excluding hydrogens is 262 g/mol. The van der Waals surface area contributed by atoms with Crippen molar-refractivity contribution in [2.24, 2.45) is 0 Å². The van der Waals surface area contributed by atoms with E-state index < -0.39 is 0 Å². The van der Waals surface area contributed by atoms with Gasteiger partial charge in [0.1, 0.15) is 12.2 Å². The smallest absolute Gasteiger partial charge is 0.251 e. The van der Waals surface area contributed by atoms with Crippen molar-refractivity contribution in [1.82, 2.24) is 25.5 Å². The number of rotatable bonds is 4. The fourth-order valence-electron chi connectivity index (χ4n) is 1.74. The molecule has 0 spiro atoms. The van der Waals surface area contributed by atoms with Gasteiger partial charge in [-0.25, -0.2) is 9.97 Å². The largest absolute Gasteiger partial charge is 0.352 e. The van der Waals surface area contributed by atoms with Crippen LogP contribution in [0.5, 0.6) is 0 Å². The third-order valence-corrected chi connectivity index (χ3v) is 3.50. The Labute approximate surface area is 112 Å². The zero-order valence-electron chi connectivity index (χ0n) is 9.96. The van der Waals surface area contributed by atoms with Crippen molar-refractivity contribution in [3.05, 3.63) is 41.4 Å². The van der Waals surface area contributed by atoms with Crippen LogP contribution in [-0.2, 0) is 6.42 Å². The molecule has 2 N–H and O–H groups in total. The Balaban J connectivity index is 1.63. The quantitative estimate of drug-likeness (QED) is 0.752. The highest BCUT2D eigenvalue weighted by Crippen LogP contribution is 2.18. The average molecular weight is 273 g/mol. The van der Waals surface area contributed by atoms with Crippen molar-refractivity contribution in [3.63, 3.8) is 0 Å². The number of nitrogens with zero attached hydrogens (tertiary/aromatic N) is 3. The molecule has 0 bridgehead atoms. The molecule has 6 nitrogen and oxygen atoms in total. The lowest BCUT2D eigenvalue weighted by atomic mass is 10.2. The summed E-state index contributed by atoms with van der Waals surface area (Å²) in [5, 5.41) is 9.36. The van der Waals surface area contributed by atoms with Gasteiger partial charge in [-0.3, -0.25) is 9.89 Å². The third kappa shape index (κ3) is 2.60. The van der Waals surface area contributed by atoms with E-state index in [1.807, 2.05) is 12.1 Å². The number of aromatic amines is 1. The Hall–Kier alpha value is -2.28. The van der Waals surface area contributed by atoms with Crippen molar-refractivity contribution >= 4 is 27.5 Å². The molecule has 0 fully saturated rings. The van der Waals surface area contributed by atoms with Gasteiger partial charge in [-0.05, 0) is 18.2 Å². The first kappa shape index (κ1) is 11.8. The maximum Gasteiger partial charge on any atom is 0.251 e. The van der Waals surface area contributed by atoms with Gasteiger partial charge in [-0.1, -0.05) is 0 Å². The first-order valence-electron chi connectivity index (χ1n) is 5.78. The third-order valence-electron chi connectivity index (χ3n) is 2.71. The number of carbonyl (C=O) groups is 1. The Kier molecular flexibility index (Phi) is 3.20. The minimum Gasteiger partial charge on any atom is -0.352 e. The summed E-state index contributed by atoms with van der Waals surface area (Å²) in [5.41, 5.74) is 3.34. The fourth-order valence-corrected chi connectivity index (χ4v) is 2.46. The summed E-state index contributed by atoms with van der Waals surface area (Å²) >= 11 is 1.53. The SMILES string of the molecule is O=C(NCCc1ncn[nH]1)c1ccc2ncsc2c1. The maximum atomic E-state index is 12.0. The van der Waals surface area contributed by atoms with Crippen LogP contribution in [0.2, 0.25) is 0 Å². The molecule has 0 aliphatic heterocycles. The summed E-state index contributed by atoms with van der Waals surface area (Å²) in [6, 6.07) is 5.50. The lowest BCUT2D eigenvalue weighted by Crippen LogP contribution is -2.25. The van der Waals surface area contributed by atoms with E-state index in [0.29, 0.717) is 18.5 Å². The zero-order valence-corrected chi connectivity index (χ0v) is 10.8. The number of thiazole rings is 1. The number of fused-ring (bicyclic) bond motifs is 1. The zero-order chi connectivity index (χ0) is 13.1. The number of hydrogen-bond acceptors (Lipinski definition) is 5. The van der Waals surface area contributed by atoms with E-state index in [2.05, 4.69) is 25.5 Å². The molecule has 0 unspecified atom stereocenters. The summed E-state index contributed by atoms with van der Waals surface area (Å²) in [5.74, 6) is 0.674. The second kappa shape index (κ2) is 5.15. The van der Waals surface area contributed by atoms with E-state index in [1.165, 1.54) is 17.7 Å². The number of benzene rings is 1. The van der Waals surface area contributed by atoms with Crippen LogP contribution in [0.1, 0.15) is 16.2 Å². The predicted octanol–water partition coefficient (Wildman–Crippen LogP) is 1.39. The molecule has 0 atom stereocenters. The van der Waals surface area contributed by atoms with E-state index in [0.717, 1.165) is 16.0 Å². The lowest BCUT2D eigenvalue weighted by molar-refractivity contribution is 0.0954. The highest BCUT2D eigenvalue weighted by atomic mass is 32.1. The van der Waals surface area contributed by atoms with Gasteiger partial charge in [0.15, 0.2) is 0 Å². The summed E-state index contributed by atoms with van der Waals surface area (Å²) in [6.07, 6.45) is 2.09. The van der Waals surface area contributed by atoms with Crippen LogP contribution in [0.3, 0.4) is 0 Å². The Morgan fingerprint density at radius 3 is 3.16 bits per heavy atom. The van der Waals surface area contributed by atoms with Gasteiger partial charge >= 0.3 is 0 Å². The average Bonchev–Trinajstić information content (AvgIpc) is 3.08. The lowest BCUT2D eigenvalue weighted by Gasteiger charge is -2.03. The predicted molar refractivity (Wildman–Crippen MR) is 72.0 cm³/mol. The number of amides is 1. The molecule has 0 saturated carbocycles. The monoisotopic (exact) mass is 273 g/mol. The van der Waals surface area contributed by atoms with E-state index in [1.54, 1.807) is 11.6 Å². The van der Waals surface area contributed by atoms with Crippen LogP contribution in [0.15, 0.2) is 30.0 Å². The molecule has 0 saturated heterocycles. The molecule has 0 aliphatic rings. The summed E-state index contributed by atoms with van der Waals surface area (Å²) < 4.78 is 1.02. The van der Waals surface area contributed by atoms with Gasteiger partial charge in [0.05, 0.1) is 15.7 Å². The van der Waals surface area contributed by atoms with E-state index in [4.69, 9.17) is 0 Å². The maximum absolute atomic E-state index is 12.0. The van der Waals surface area contributed by atoms with Crippen LogP contribution < -0.4 is 5.32 Å². The van der Waals surface area contributed by atoms with Gasteiger partial charge in [0, 0.05) is 18.5 Å². The Morgan fingerprint density at radius 1 is 1.37 bits per heavy atom. The van der Waals surface area contributed by atoms with Crippen LogP contribution in [0.25, 0.3) is 10.2 Å². The van der Waals surface area contributed by atoms with E-state index in [9.17, 15) is 4.79 Å². The van der Waals surface area contributed by atoms with Crippen molar-refractivity contribution < 1.29 is 4.79 Å². The minimum absolute atomic E-state index is 0.0881. The van der Waals surface area contributed by atoms with Gasteiger partial charge < -0.3 is 5.32 Å². The Morgan fingerprint density at radius 2 is 2.32 bits per heavy atom. The second-order valence-corrected chi connectivity index (χ2v) is 4.86. The summed E-state index contributed by atoms with van der Waals surface area (Å²) in [4.78, 5) is 20.1. The van der Waals surface area contributed by atoms with Crippen LogP contribution >= 0.6 is 11.3 Å². The molecule has 7 heteroatoms. The molecule has 3 aromatic rings. The molecule has 0 aliphatic carbocycles. The number of aromatic nitrogens is 4. The minimum atomic E-state index is -0.0881. The fraction of sp³-hybridized carbons (Fsp3) is 0.167. The molecular formula is C12H11N5OS. The number of nitrogens with one attached hydrogen (secondary N) is 2. The first-order valence-corrected chi connectivity index (χ1v) is 6.66. The van der Waals surface area contributed by atoms with Gasteiger partial charge in [-0.2, -0.15) is 5.10 Å². The molecule has 1 amide bonds. The topological polar surface area (TPSA) is 83.6 Å². The highest BCUT2D eigenvalue weighted by Gasteiger charge is 2.07. The number of H-pyrrole nitrogens is 1. The van der Waals surface area contributed by atoms with Crippen molar-refractivity contribution in [2.75, 3.05) is 6.54 Å². The van der Waals surface area contributed by atoms with Gasteiger partial charge in [0.2, 0.25) is 0 Å². The van der Waals surface area contributed by atoms with Crippen LogP contribution in [0.4, 0.5) is 0 Å². The van der Waals surface area contributed by atoms with Crippen molar-refractivity contribution in [3.8, 4) is 0 Å². The van der Waals surface area contributed by atoms with Gasteiger partial charge in [0.25, 0.3) is 5.91 Å². The van der Waals surface area contributed by atoms with E-state index in [-0.39, 0.29) is 5.91 Å². The van der Waals surface area contributed by atoms with Crippen molar-refractivity contribution in [2.45, 2.75) is 6.42 Å².